The van der Waals surface area contributed by atoms with E-state index in [1.54, 1.807) is 9.58 Å². The van der Waals surface area contributed by atoms with Crippen molar-refractivity contribution in [2.75, 3.05) is 13.1 Å². The summed E-state index contributed by atoms with van der Waals surface area (Å²) >= 11 is 0. The molecule has 3 aromatic rings. The molecule has 196 valence electrons. The fourth-order valence-corrected chi connectivity index (χ4v) is 4.83. The van der Waals surface area contributed by atoms with Crippen molar-refractivity contribution in [3.63, 3.8) is 0 Å². The molecule has 8 heteroatoms. The average Bonchev–Trinajstić information content (AvgIpc) is 2.83. The Kier molecular flexibility index (Phi) is 10.6. The van der Waals surface area contributed by atoms with Crippen molar-refractivity contribution in [3.05, 3.63) is 94.1 Å². The van der Waals surface area contributed by atoms with Crippen LogP contribution in [0.15, 0.2) is 71.9 Å². The average molecular weight is 538 g/mol. The quantitative estimate of drug-likeness (QED) is 0.317. The SMILES string of the molecule is C=C(CC(C)C)Oc1c2n(ncc1=O)CCN(CCC)C2=O.Pc1cccc(Cc2cccc(P)c2)c1. The number of benzene rings is 2. The van der Waals surface area contributed by atoms with Gasteiger partial charge in [-0.25, -0.2) is 0 Å². The second-order valence-corrected chi connectivity index (χ2v) is 10.9. The molecule has 0 N–H and O–H groups in total. The molecular weight excluding hydrogens is 500 g/mol. The number of carbonyl (C=O) groups is 1. The molecule has 0 aliphatic carbocycles. The lowest BCUT2D eigenvalue weighted by atomic mass is 10.1. The Morgan fingerprint density at radius 1 is 1.05 bits per heavy atom. The van der Waals surface area contributed by atoms with Crippen LogP contribution < -0.4 is 20.8 Å². The van der Waals surface area contributed by atoms with E-state index >= 15 is 0 Å². The number of amides is 1. The largest absolute Gasteiger partial charge is 0.456 e. The van der Waals surface area contributed by atoms with E-state index in [1.165, 1.54) is 27.9 Å². The van der Waals surface area contributed by atoms with Crippen LogP contribution in [0.5, 0.6) is 5.75 Å². The highest BCUT2D eigenvalue weighted by Gasteiger charge is 2.30. The Balaban J connectivity index is 0.000000220. The van der Waals surface area contributed by atoms with E-state index in [0.717, 1.165) is 12.8 Å². The molecule has 0 radical (unpaired) electrons. The molecule has 0 fully saturated rings. The lowest BCUT2D eigenvalue weighted by molar-refractivity contribution is 0.0687. The molecule has 2 heterocycles. The molecule has 1 aromatic heterocycles. The second kappa shape index (κ2) is 13.7. The molecule has 0 saturated carbocycles. The number of rotatable bonds is 8. The second-order valence-electron chi connectivity index (χ2n) is 9.61. The van der Waals surface area contributed by atoms with Gasteiger partial charge in [0, 0.05) is 19.5 Å². The molecule has 4 rings (SSSR count). The standard InChI is InChI=1S/C16H23N3O3.C13H14P2/c1-5-6-18-7-8-19-14(16(18)21)15(13(20)10-17-19)22-12(4)9-11(2)3;14-12-5-1-3-10(8-12)7-11-4-2-6-13(15)9-11/h10-11H,4-9H2,1-3H3;1-6,8-9H,7,14-15H2. The highest BCUT2D eigenvalue weighted by atomic mass is 31.0. The highest BCUT2D eigenvalue weighted by molar-refractivity contribution is 7.27. The number of allylic oxidation sites excluding steroid dienone is 1. The van der Waals surface area contributed by atoms with Gasteiger partial charge in [-0.15, -0.1) is 18.5 Å². The molecule has 2 unspecified atom stereocenters. The van der Waals surface area contributed by atoms with Crippen molar-refractivity contribution >= 4 is 35.0 Å². The minimum atomic E-state index is -0.386. The maximum atomic E-state index is 12.6. The van der Waals surface area contributed by atoms with Crippen molar-refractivity contribution in [2.45, 2.75) is 46.6 Å². The number of aromatic nitrogens is 2. The fourth-order valence-electron chi connectivity index (χ4n) is 4.18. The predicted molar refractivity (Wildman–Crippen MR) is 158 cm³/mol. The zero-order valence-electron chi connectivity index (χ0n) is 21.9. The van der Waals surface area contributed by atoms with E-state index in [1.807, 2.05) is 20.8 Å². The Morgan fingerprint density at radius 3 is 2.22 bits per heavy atom. The third kappa shape index (κ3) is 8.35. The maximum Gasteiger partial charge on any atom is 0.276 e. The van der Waals surface area contributed by atoms with Crippen molar-refractivity contribution in [1.29, 1.82) is 0 Å². The van der Waals surface area contributed by atoms with E-state index in [0.29, 0.717) is 37.7 Å². The van der Waals surface area contributed by atoms with E-state index in [9.17, 15) is 9.59 Å². The first-order valence-corrected chi connectivity index (χ1v) is 13.8. The Labute approximate surface area is 224 Å². The van der Waals surface area contributed by atoms with Crippen molar-refractivity contribution in [1.82, 2.24) is 14.7 Å². The van der Waals surface area contributed by atoms with Crippen LogP contribution >= 0.6 is 18.5 Å². The summed E-state index contributed by atoms with van der Waals surface area (Å²) in [7, 11) is 5.47. The summed E-state index contributed by atoms with van der Waals surface area (Å²) in [5, 5.41) is 6.53. The number of fused-ring (bicyclic) bond motifs is 1. The van der Waals surface area contributed by atoms with Crippen LogP contribution in [-0.2, 0) is 13.0 Å². The fraction of sp³-hybridized carbons (Fsp3) is 0.345. The predicted octanol–water partition coefficient (Wildman–Crippen LogP) is 4.33. The van der Waals surface area contributed by atoms with Crippen LogP contribution in [0, 0.1) is 5.92 Å². The van der Waals surface area contributed by atoms with Gasteiger partial charge in [-0.1, -0.05) is 75.9 Å². The van der Waals surface area contributed by atoms with Gasteiger partial charge >= 0.3 is 0 Å². The Hall–Kier alpha value is -2.81. The lowest BCUT2D eigenvalue weighted by Crippen LogP contribution is -2.43. The van der Waals surface area contributed by atoms with E-state index in [-0.39, 0.29) is 22.8 Å². The van der Waals surface area contributed by atoms with Crippen LogP contribution in [0.3, 0.4) is 0 Å². The molecule has 37 heavy (non-hydrogen) atoms. The van der Waals surface area contributed by atoms with Gasteiger partial charge in [0.05, 0.1) is 18.5 Å². The molecule has 0 bridgehead atoms. The zero-order valence-corrected chi connectivity index (χ0v) is 24.3. The maximum absolute atomic E-state index is 12.6. The summed E-state index contributed by atoms with van der Waals surface area (Å²) in [6.07, 6.45) is 3.70. The minimum absolute atomic E-state index is 0.0476. The third-order valence-electron chi connectivity index (χ3n) is 5.77. The van der Waals surface area contributed by atoms with E-state index < -0.39 is 0 Å². The monoisotopic (exact) mass is 537 g/mol. The first kappa shape index (κ1) is 28.8. The summed E-state index contributed by atoms with van der Waals surface area (Å²) in [6, 6.07) is 17.2. The summed E-state index contributed by atoms with van der Waals surface area (Å²) in [4.78, 5) is 26.4. The van der Waals surface area contributed by atoms with Gasteiger partial charge in [-0.2, -0.15) is 5.10 Å². The number of hydrogen-bond acceptors (Lipinski definition) is 4. The van der Waals surface area contributed by atoms with Gasteiger partial charge in [0.25, 0.3) is 5.91 Å². The summed E-state index contributed by atoms with van der Waals surface area (Å²) in [5.74, 6) is 0.693. The van der Waals surface area contributed by atoms with Gasteiger partial charge in [0.1, 0.15) is 0 Å². The van der Waals surface area contributed by atoms with Crippen LogP contribution in [0.25, 0.3) is 0 Å². The van der Waals surface area contributed by atoms with Gasteiger partial charge < -0.3 is 9.64 Å². The molecule has 1 aliphatic rings. The van der Waals surface area contributed by atoms with E-state index in [4.69, 9.17) is 4.74 Å². The van der Waals surface area contributed by atoms with Crippen molar-refractivity contribution < 1.29 is 9.53 Å². The number of hydrogen-bond donors (Lipinski definition) is 0. The third-order valence-corrected chi connectivity index (χ3v) is 6.49. The molecule has 2 aromatic carbocycles. The van der Waals surface area contributed by atoms with Gasteiger partial charge in [0.2, 0.25) is 11.2 Å². The van der Waals surface area contributed by atoms with Crippen molar-refractivity contribution in [3.8, 4) is 5.75 Å². The summed E-state index contributed by atoms with van der Waals surface area (Å²) < 4.78 is 7.19. The Morgan fingerprint density at radius 2 is 1.68 bits per heavy atom. The number of nitrogens with zero attached hydrogens (tertiary/aromatic N) is 3. The molecule has 6 nitrogen and oxygen atoms in total. The van der Waals surface area contributed by atoms with Crippen LogP contribution in [0.4, 0.5) is 0 Å². The van der Waals surface area contributed by atoms with E-state index in [2.05, 4.69) is 78.7 Å². The smallest absolute Gasteiger partial charge is 0.276 e. The molecule has 0 spiro atoms. The number of carbonyl (C=O) groups excluding carboxylic acids is 1. The van der Waals surface area contributed by atoms with Crippen LogP contribution in [0.2, 0.25) is 0 Å². The van der Waals surface area contributed by atoms with Gasteiger partial charge in [-0.05, 0) is 40.5 Å². The van der Waals surface area contributed by atoms with Crippen LogP contribution in [-0.4, -0.2) is 33.7 Å². The Bertz CT molecular complexity index is 1260. The van der Waals surface area contributed by atoms with Gasteiger partial charge in [0.15, 0.2) is 5.69 Å². The topological polar surface area (TPSA) is 64.4 Å². The molecule has 1 amide bonds. The minimum Gasteiger partial charge on any atom is -0.456 e. The normalized spacial score (nSPS) is 12.6. The zero-order chi connectivity index (χ0) is 26.9. The summed E-state index contributed by atoms with van der Waals surface area (Å²) in [6.45, 7) is 11.8. The van der Waals surface area contributed by atoms with Crippen LogP contribution in [0.1, 0.15) is 55.2 Å². The molecular formula is C29H37N3O3P2. The summed E-state index contributed by atoms with van der Waals surface area (Å²) in [5.41, 5.74) is 2.57. The molecule has 2 atom stereocenters. The number of ether oxygens (including phenoxy) is 1. The lowest BCUT2D eigenvalue weighted by Gasteiger charge is -2.29. The first-order chi connectivity index (χ1) is 17.7. The molecule has 0 saturated heterocycles. The highest BCUT2D eigenvalue weighted by Crippen LogP contribution is 2.22. The van der Waals surface area contributed by atoms with Gasteiger partial charge in [-0.3, -0.25) is 14.3 Å². The molecule has 1 aliphatic heterocycles. The first-order valence-electron chi connectivity index (χ1n) is 12.6. The van der Waals surface area contributed by atoms with Crippen molar-refractivity contribution in [2.24, 2.45) is 5.92 Å².